The van der Waals surface area contributed by atoms with Gasteiger partial charge in [-0.05, 0) is 24.6 Å². The number of likely N-dealkylation sites (N-methyl/N-ethyl adjacent to an activating group) is 1. The molecule has 0 unspecified atom stereocenters. The Morgan fingerprint density at radius 1 is 1.52 bits per heavy atom. The van der Waals surface area contributed by atoms with Gasteiger partial charge < -0.3 is 14.7 Å². The van der Waals surface area contributed by atoms with Crippen LogP contribution in [0.1, 0.15) is 12.5 Å². The number of nitro benzene ring substituents is 1. The van der Waals surface area contributed by atoms with Crippen LogP contribution in [0.3, 0.4) is 0 Å². The molecule has 0 saturated carbocycles. The molecule has 0 aliphatic rings. The third kappa shape index (κ3) is 5.23. The Kier molecular flexibility index (Phi) is 6.35. The van der Waals surface area contributed by atoms with E-state index < -0.39 is 10.9 Å². The van der Waals surface area contributed by atoms with E-state index in [-0.39, 0.29) is 5.69 Å². The van der Waals surface area contributed by atoms with Gasteiger partial charge in [0.25, 0.3) is 5.69 Å². The minimum absolute atomic E-state index is 0.0680. The molecule has 0 bridgehead atoms. The number of carboxylic acid groups (broad SMARTS) is 1. The molecule has 1 rings (SSSR count). The van der Waals surface area contributed by atoms with Crippen molar-refractivity contribution in [3.05, 3.63) is 40.0 Å². The Balaban J connectivity index is 2.99. The molecule has 0 aromatic heterocycles. The minimum Gasteiger partial charge on any atom is -0.478 e. The molecule has 0 fully saturated rings. The first-order chi connectivity index (χ1) is 9.95. The highest BCUT2D eigenvalue weighted by Gasteiger charge is 2.17. The maximum Gasteiger partial charge on any atom is 0.328 e. The van der Waals surface area contributed by atoms with Crippen molar-refractivity contribution in [3.8, 4) is 0 Å². The lowest BCUT2D eigenvalue weighted by atomic mass is 10.1. The summed E-state index contributed by atoms with van der Waals surface area (Å²) in [6.45, 7) is 3.48. The zero-order chi connectivity index (χ0) is 15.8. The van der Waals surface area contributed by atoms with Crippen molar-refractivity contribution < 1.29 is 19.6 Å². The number of nitrogens with zero attached hydrogens (tertiary/aromatic N) is 2. The van der Waals surface area contributed by atoms with Crippen molar-refractivity contribution >= 4 is 23.4 Å². The van der Waals surface area contributed by atoms with Crippen molar-refractivity contribution in [1.29, 1.82) is 0 Å². The van der Waals surface area contributed by atoms with Crippen molar-refractivity contribution in [3.63, 3.8) is 0 Å². The van der Waals surface area contributed by atoms with Crippen LogP contribution < -0.4 is 4.90 Å². The standard InChI is InChI=1S/C14H18N2O5/c1-3-21-9-8-15(2)12-6-4-11(5-7-14(17)18)10-13(12)16(19)20/h4-7,10H,3,8-9H2,1-2H3,(H,17,18)/b7-5+. The van der Waals surface area contributed by atoms with Crippen molar-refractivity contribution in [2.75, 3.05) is 31.7 Å². The first kappa shape index (κ1) is 16.6. The highest BCUT2D eigenvalue weighted by Crippen LogP contribution is 2.28. The largest absolute Gasteiger partial charge is 0.478 e. The number of rotatable bonds is 8. The Morgan fingerprint density at radius 3 is 2.81 bits per heavy atom. The van der Waals surface area contributed by atoms with Crippen LogP contribution in [0.25, 0.3) is 6.08 Å². The predicted octanol–water partition coefficient (Wildman–Crippen LogP) is 2.17. The number of benzene rings is 1. The van der Waals surface area contributed by atoms with E-state index in [1.807, 2.05) is 6.92 Å². The number of carboxylic acids is 1. The lowest BCUT2D eigenvalue weighted by molar-refractivity contribution is -0.384. The summed E-state index contributed by atoms with van der Waals surface area (Å²) in [4.78, 5) is 22.9. The van der Waals surface area contributed by atoms with Gasteiger partial charge >= 0.3 is 5.97 Å². The second-order valence-electron chi connectivity index (χ2n) is 4.30. The first-order valence-corrected chi connectivity index (χ1v) is 6.44. The number of hydrogen-bond donors (Lipinski definition) is 1. The molecule has 21 heavy (non-hydrogen) atoms. The molecule has 7 nitrogen and oxygen atoms in total. The highest BCUT2D eigenvalue weighted by molar-refractivity contribution is 5.85. The van der Waals surface area contributed by atoms with Gasteiger partial charge in [0.2, 0.25) is 0 Å². The van der Waals surface area contributed by atoms with Gasteiger partial charge in [0.1, 0.15) is 5.69 Å². The molecule has 0 atom stereocenters. The molecule has 1 aromatic carbocycles. The number of ether oxygens (including phenoxy) is 1. The van der Waals surface area contributed by atoms with E-state index in [0.717, 1.165) is 6.08 Å². The topological polar surface area (TPSA) is 92.9 Å². The number of carbonyl (C=O) groups is 1. The van der Waals surface area contributed by atoms with E-state index in [2.05, 4.69) is 0 Å². The number of aliphatic carboxylic acids is 1. The van der Waals surface area contributed by atoms with E-state index in [4.69, 9.17) is 9.84 Å². The fourth-order valence-electron chi connectivity index (χ4n) is 1.75. The van der Waals surface area contributed by atoms with Crippen molar-refractivity contribution in [2.45, 2.75) is 6.92 Å². The van der Waals surface area contributed by atoms with Gasteiger partial charge in [-0.25, -0.2) is 4.79 Å². The van der Waals surface area contributed by atoms with Crippen molar-refractivity contribution in [1.82, 2.24) is 0 Å². The summed E-state index contributed by atoms with van der Waals surface area (Å²) < 4.78 is 5.23. The maximum absolute atomic E-state index is 11.2. The molecule has 0 aliphatic carbocycles. The molecule has 1 N–H and O–H groups in total. The number of anilines is 1. The van der Waals surface area contributed by atoms with E-state index in [0.29, 0.717) is 31.0 Å². The van der Waals surface area contributed by atoms with Gasteiger partial charge in [-0.2, -0.15) is 0 Å². The van der Waals surface area contributed by atoms with Crippen LogP contribution in [0.4, 0.5) is 11.4 Å². The second kappa shape index (κ2) is 8.01. The molecule has 7 heteroatoms. The monoisotopic (exact) mass is 294 g/mol. The summed E-state index contributed by atoms with van der Waals surface area (Å²) in [5.74, 6) is -1.10. The molecule has 0 aliphatic heterocycles. The highest BCUT2D eigenvalue weighted by atomic mass is 16.6. The van der Waals surface area contributed by atoms with Crippen LogP contribution in [-0.4, -0.2) is 42.8 Å². The van der Waals surface area contributed by atoms with Gasteiger partial charge in [-0.1, -0.05) is 6.07 Å². The zero-order valence-corrected chi connectivity index (χ0v) is 12.0. The normalized spacial score (nSPS) is 10.8. The molecule has 0 heterocycles. The molecule has 0 spiro atoms. The molecular formula is C14H18N2O5. The molecule has 114 valence electrons. The fraction of sp³-hybridized carbons (Fsp3) is 0.357. The van der Waals surface area contributed by atoms with Crippen LogP contribution in [0, 0.1) is 10.1 Å². The van der Waals surface area contributed by atoms with E-state index in [9.17, 15) is 14.9 Å². The molecule has 0 amide bonds. The predicted molar refractivity (Wildman–Crippen MR) is 79.5 cm³/mol. The third-order valence-corrected chi connectivity index (χ3v) is 2.80. The third-order valence-electron chi connectivity index (χ3n) is 2.80. The Bertz CT molecular complexity index is 542. The van der Waals surface area contributed by atoms with Gasteiger partial charge in [-0.15, -0.1) is 0 Å². The zero-order valence-electron chi connectivity index (χ0n) is 12.0. The molecule has 1 aromatic rings. The van der Waals surface area contributed by atoms with Gasteiger partial charge in [0.05, 0.1) is 11.5 Å². The average Bonchev–Trinajstić information content (AvgIpc) is 2.44. The summed E-state index contributed by atoms with van der Waals surface area (Å²) in [5.41, 5.74) is 0.861. The van der Waals surface area contributed by atoms with Crippen LogP contribution in [-0.2, 0) is 9.53 Å². The van der Waals surface area contributed by atoms with Gasteiger partial charge in [0.15, 0.2) is 0 Å². The smallest absolute Gasteiger partial charge is 0.328 e. The fourth-order valence-corrected chi connectivity index (χ4v) is 1.75. The summed E-state index contributed by atoms with van der Waals surface area (Å²) in [6.07, 6.45) is 2.26. The Hall–Kier alpha value is -2.41. The van der Waals surface area contributed by atoms with E-state index in [1.54, 1.807) is 24.1 Å². The summed E-state index contributed by atoms with van der Waals surface area (Å²) in [5, 5.41) is 19.7. The van der Waals surface area contributed by atoms with Crippen molar-refractivity contribution in [2.24, 2.45) is 0 Å². The van der Waals surface area contributed by atoms with Crippen LogP contribution >= 0.6 is 0 Å². The van der Waals surface area contributed by atoms with E-state index >= 15 is 0 Å². The quantitative estimate of drug-likeness (QED) is 0.342. The molecule has 0 radical (unpaired) electrons. The molecular weight excluding hydrogens is 276 g/mol. The summed E-state index contributed by atoms with van der Waals surface area (Å²) in [7, 11) is 1.74. The van der Waals surface area contributed by atoms with E-state index in [1.165, 1.54) is 12.1 Å². The first-order valence-electron chi connectivity index (χ1n) is 6.44. The molecule has 0 saturated heterocycles. The van der Waals surface area contributed by atoms with Crippen LogP contribution in [0.15, 0.2) is 24.3 Å². The van der Waals surface area contributed by atoms with Crippen LogP contribution in [0.5, 0.6) is 0 Å². The SMILES string of the molecule is CCOCCN(C)c1ccc(/C=C/C(=O)O)cc1[N+](=O)[O-]. The minimum atomic E-state index is -1.10. The Morgan fingerprint density at radius 2 is 2.24 bits per heavy atom. The summed E-state index contributed by atoms with van der Waals surface area (Å²) in [6, 6.07) is 4.59. The van der Waals surface area contributed by atoms with Gasteiger partial charge in [0, 0.05) is 32.3 Å². The average molecular weight is 294 g/mol. The lowest BCUT2D eigenvalue weighted by Crippen LogP contribution is -2.23. The second-order valence-corrected chi connectivity index (χ2v) is 4.30. The number of hydrogen-bond acceptors (Lipinski definition) is 5. The number of nitro groups is 1. The Labute approximate surface area is 122 Å². The lowest BCUT2D eigenvalue weighted by Gasteiger charge is -2.19. The van der Waals surface area contributed by atoms with Crippen LogP contribution in [0.2, 0.25) is 0 Å². The maximum atomic E-state index is 11.2. The summed E-state index contributed by atoms with van der Waals surface area (Å²) >= 11 is 0. The van der Waals surface area contributed by atoms with Gasteiger partial charge in [-0.3, -0.25) is 10.1 Å².